The predicted molar refractivity (Wildman–Crippen MR) is 87.6 cm³/mol. The second-order valence-corrected chi connectivity index (χ2v) is 5.79. The van der Waals surface area contributed by atoms with E-state index in [1.54, 1.807) is 18.2 Å². The summed E-state index contributed by atoms with van der Waals surface area (Å²) in [4.78, 5) is 28.1. The molecule has 0 bridgehead atoms. The van der Waals surface area contributed by atoms with E-state index in [-0.39, 0.29) is 12.0 Å². The lowest BCUT2D eigenvalue weighted by Crippen LogP contribution is -2.42. The van der Waals surface area contributed by atoms with Crippen molar-refractivity contribution in [1.29, 1.82) is 0 Å². The minimum Gasteiger partial charge on any atom is -0.345 e. The Morgan fingerprint density at radius 3 is 2.52 bits per heavy atom. The van der Waals surface area contributed by atoms with E-state index < -0.39 is 11.8 Å². The number of aromatic amines is 1. The van der Waals surface area contributed by atoms with Gasteiger partial charge < -0.3 is 10.6 Å². The van der Waals surface area contributed by atoms with Crippen LogP contribution < -0.4 is 10.6 Å². The molecule has 1 aromatic carbocycles. The fourth-order valence-electron chi connectivity index (χ4n) is 1.83. The monoisotopic (exact) mass is 315 g/mol. The molecule has 0 spiro atoms. The number of benzene rings is 1. The molecule has 3 N–H and O–H groups in total. The van der Waals surface area contributed by atoms with Crippen molar-refractivity contribution < 1.29 is 9.59 Å². The van der Waals surface area contributed by atoms with E-state index in [4.69, 9.17) is 0 Å². The summed E-state index contributed by atoms with van der Waals surface area (Å²) in [6, 6.07) is 6.96. The first kappa shape index (κ1) is 16.7. The van der Waals surface area contributed by atoms with Crippen LogP contribution in [-0.2, 0) is 9.59 Å². The fourth-order valence-corrected chi connectivity index (χ4v) is 1.83. The Hall–Kier alpha value is -2.70. The summed E-state index contributed by atoms with van der Waals surface area (Å²) in [5, 5.41) is 12.1. The van der Waals surface area contributed by atoms with E-state index in [0.717, 1.165) is 5.56 Å². The molecule has 2 aromatic rings. The van der Waals surface area contributed by atoms with Gasteiger partial charge in [-0.15, -0.1) is 0 Å². The van der Waals surface area contributed by atoms with Crippen LogP contribution in [-0.4, -0.2) is 33.0 Å². The number of aryl methyl sites for hydroxylation is 1. The van der Waals surface area contributed by atoms with Crippen LogP contribution >= 0.6 is 0 Å². The normalized spacial score (nSPS) is 12.0. The Balaban J connectivity index is 2.05. The second-order valence-electron chi connectivity index (χ2n) is 5.79. The fraction of sp³-hybridized carbons (Fsp3) is 0.375. The Morgan fingerprint density at radius 1 is 1.17 bits per heavy atom. The number of carbonyl (C=O) groups excluding carboxylic acids is 2. The van der Waals surface area contributed by atoms with E-state index in [2.05, 4.69) is 25.8 Å². The Kier molecular flexibility index (Phi) is 5.10. The molecule has 1 aromatic heterocycles. The maximum Gasteiger partial charge on any atom is 0.313 e. The van der Waals surface area contributed by atoms with E-state index >= 15 is 0 Å². The lowest BCUT2D eigenvalue weighted by Gasteiger charge is -2.17. The number of amides is 2. The van der Waals surface area contributed by atoms with Gasteiger partial charge in [-0.25, -0.2) is 4.98 Å². The Bertz CT molecular complexity index is 708. The number of anilines is 1. The van der Waals surface area contributed by atoms with Gasteiger partial charge in [0.05, 0.1) is 0 Å². The molecule has 0 aliphatic heterocycles. The maximum absolute atomic E-state index is 12.0. The number of aromatic nitrogens is 3. The number of hydrogen-bond donors (Lipinski definition) is 3. The molecule has 2 rings (SSSR count). The number of H-pyrrole nitrogens is 1. The van der Waals surface area contributed by atoms with Crippen LogP contribution in [0.3, 0.4) is 0 Å². The molecule has 0 radical (unpaired) electrons. The number of carbonyl (C=O) groups is 2. The van der Waals surface area contributed by atoms with Gasteiger partial charge >= 0.3 is 11.8 Å². The minimum atomic E-state index is -0.694. The van der Waals surface area contributed by atoms with Gasteiger partial charge in [0.15, 0.2) is 5.82 Å². The van der Waals surface area contributed by atoms with Crippen LogP contribution in [0, 0.1) is 12.8 Å². The zero-order chi connectivity index (χ0) is 17.0. The standard InChI is InChI=1S/C16H21N5O2/c1-9(2)10(3)17-15(22)16(23)19-13-7-5-6-12(8-13)14-18-11(4)20-21-14/h5-10H,1-4H3,(H,17,22)(H,19,23)(H,18,20,21)/t10-/m0/s1. The zero-order valence-corrected chi connectivity index (χ0v) is 13.7. The van der Waals surface area contributed by atoms with Gasteiger partial charge in [0.1, 0.15) is 5.82 Å². The van der Waals surface area contributed by atoms with Crippen molar-refractivity contribution in [3.05, 3.63) is 30.1 Å². The van der Waals surface area contributed by atoms with Crippen LogP contribution in [0.5, 0.6) is 0 Å². The topological polar surface area (TPSA) is 99.8 Å². The van der Waals surface area contributed by atoms with Gasteiger partial charge in [0, 0.05) is 17.3 Å². The number of nitrogens with zero attached hydrogens (tertiary/aromatic N) is 2. The van der Waals surface area contributed by atoms with Gasteiger partial charge in [0.25, 0.3) is 0 Å². The quantitative estimate of drug-likeness (QED) is 0.750. The van der Waals surface area contributed by atoms with E-state index in [9.17, 15) is 9.59 Å². The molecule has 7 heteroatoms. The molecular weight excluding hydrogens is 294 g/mol. The van der Waals surface area contributed by atoms with Gasteiger partial charge in [-0.2, -0.15) is 5.10 Å². The summed E-state index contributed by atoms with van der Waals surface area (Å²) < 4.78 is 0. The van der Waals surface area contributed by atoms with E-state index in [0.29, 0.717) is 17.3 Å². The maximum atomic E-state index is 12.0. The molecule has 0 aliphatic rings. The van der Waals surface area contributed by atoms with Crippen molar-refractivity contribution in [3.63, 3.8) is 0 Å². The van der Waals surface area contributed by atoms with Crippen molar-refractivity contribution in [2.24, 2.45) is 5.92 Å². The molecule has 0 fully saturated rings. The first-order valence-corrected chi connectivity index (χ1v) is 7.48. The van der Waals surface area contributed by atoms with Crippen LogP contribution in [0.4, 0.5) is 5.69 Å². The predicted octanol–water partition coefficient (Wildman–Crippen LogP) is 1.88. The molecule has 0 aliphatic carbocycles. The zero-order valence-electron chi connectivity index (χ0n) is 13.7. The van der Waals surface area contributed by atoms with Gasteiger partial charge in [-0.1, -0.05) is 26.0 Å². The van der Waals surface area contributed by atoms with Crippen molar-refractivity contribution in [1.82, 2.24) is 20.5 Å². The van der Waals surface area contributed by atoms with Crippen LogP contribution in [0.25, 0.3) is 11.4 Å². The molecule has 23 heavy (non-hydrogen) atoms. The SMILES string of the molecule is Cc1nc(-c2cccc(NC(=O)C(=O)N[C@@H](C)C(C)C)c2)n[nH]1. The summed E-state index contributed by atoms with van der Waals surface area (Å²) >= 11 is 0. The van der Waals surface area contributed by atoms with Gasteiger partial charge in [-0.3, -0.25) is 14.7 Å². The van der Waals surface area contributed by atoms with E-state index in [1.165, 1.54) is 0 Å². The van der Waals surface area contributed by atoms with Crippen LogP contribution in [0.1, 0.15) is 26.6 Å². The number of hydrogen-bond acceptors (Lipinski definition) is 4. The Labute approximate surface area is 134 Å². The average Bonchev–Trinajstić information content (AvgIpc) is 2.94. The highest BCUT2D eigenvalue weighted by Gasteiger charge is 2.18. The van der Waals surface area contributed by atoms with Crippen molar-refractivity contribution in [3.8, 4) is 11.4 Å². The second kappa shape index (κ2) is 7.04. The molecule has 0 unspecified atom stereocenters. The van der Waals surface area contributed by atoms with Gasteiger partial charge in [0.2, 0.25) is 0 Å². The number of rotatable bonds is 4. The summed E-state index contributed by atoms with van der Waals surface area (Å²) in [6.45, 7) is 7.63. The van der Waals surface area contributed by atoms with Crippen molar-refractivity contribution in [2.45, 2.75) is 33.7 Å². The molecule has 122 valence electrons. The molecule has 2 amide bonds. The summed E-state index contributed by atoms with van der Waals surface area (Å²) in [6.07, 6.45) is 0. The molecular formula is C16H21N5O2. The summed E-state index contributed by atoms with van der Waals surface area (Å²) in [5.74, 6) is 0.156. The first-order chi connectivity index (χ1) is 10.9. The average molecular weight is 315 g/mol. The third-order valence-corrected chi connectivity index (χ3v) is 3.54. The highest BCUT2D eigenvalue weighted by molar-refractivity contribution is 6.39. The molecule has 1 heterocycles. The largest absolute Gasteiger partial charge is 0.345 e. The highest BCUT2D eigenvalue weighted by atomic mass is 16.2. The lowest BCUT2D eigenvalue weighted by molar-refractivity contribution is -0.136. The van der Waals surface area contributed by atoms with Crippen LogP contribution in [0.2, 0.25) is 0 Å². The van der Waals surface area contributed by atoms with Gasteiger partial charge in [-0.05, 0) is 31.9 Å². The number of nitrogens with one attached hydrogen (secondary N) is 3. The molecule has 0 saturated heterocycles. The van der Waals surface area contributed by atoms with Crippen LogP contribution in [0.15, 0.2) is 24.3 Å². The summed E-state index contributed by atoms with van der Waals surface area (Å²) in [7, 11) is 0. The summed E-state index contributed by atoms with van der Waals surface area (Å²) in [5.41, 5.74) is 1.27. The minimum absolute atomic E-state index is 0.0733. The molecule has 7 nitrogen and oxygen atoms in total. The molecule has 0 saturated carbocycles. The smallest absolute Gasteiger partial charge is 0.313 e. The Morgan fingerprint density at radius 2 is 1.91 bits per heavy atom. The molecule has 1 atom stereocenters. The third-order valence-electron chi connectivity index (χ3n) is 3.54. The first-order valence-electron chi connectivity index (χ1n) is 7.48. The lowest BCUT2D eigenvalue weighted by atomic mass is 10.1. The van der Waals surface area contributed by atoms with Crippen molar-refractivity contribution in [2.75, 3.05) is 5.32 Å². The third kappa shape index (κ3) is 4.38. The van der Waals surface area contributed by atoms with E-state index in [1.807, 2.05) is 33.8 Å². The highest BCUT2D eigenvalue weighted by Crippen LogP contribution is 2.19. The van der Waals surface area contributed by atoms with Crippen molar-refractivity contribution >= 4 is 17.5 Å².